The quantitative estimate of drug-likeness (QED) is 0.163. The first-order valence-electron chi connectivity index (χ1n) is 17.0. The molecule has 2 aliphatic carbocycles. The van der Waals surface area contributed by atoms with Gasteiger partial charge in [0.15, 0.2) is 0 Å². The maximum Gasteiger partial charge on any atom is 0.220 e. The summed E-state index contributed by atoms with van der Waals surface area (Å²) >= 11 is 13.5. The van der Waals surface area contributed by atoms with Gasteiger partial charge in [-0.2, -0.15) is 0 Å². The number of aryl methyl sites for hydroxylation is 1. The van der Waals surface area contributed by atoms with Crippen molar-refractivity contribution in [1.82, 2.24) is 20.1 Å². The number of rotatable bonds is 16. The highest BCUT2D eigenvalue weighted by molar-refractivity contribution is 6.34. The number of amides is 1. The largest absolute Gasteiger partial charge is 0.490 e. The van der Waals surface area contributed by atoms with Crippen molar-refractivity contribution in [1.29, 1.82) is 0 Å². The summed E-state index contributed by atoms with van der Waals surface area (Å²) in [5.74, 6) is 1.03. The second-order valence-electron chi connectivity index (χ2n) is 12.9. The lowest BCUT2D eigenvalue weighted by Gasteiger charge is -2.33. The van der Waals surface area contributed by atoms with Crippen molar-refractivity contribution in [3.05, 3.63) is 81.6 Å². The Hall–Kier alpha value is -2.68. The minimum Gasteiger partial charge on any atom is -0.490 e. The van der Waals surface area contributed by atoms with E-state index in [0.29, 0.717) is 35.7 Å². The van der Waals surface area contributed by atoms with Crippen molar-refractivity contribution in [3.63, 3.8) is 0 Å². The maximum absolute atomic E-state index is 12.4. The van der Waals surface area contributed by atoms with Crippen molar-refractivity contribution in [2.45, 2.75) is 76.6 Å². The van der Waals surface area contributed by atoms with E-state index in [4.69, 9.17) is 32.7 Å². The molecule has 46 heavy (non-hydrogen) atoms. The Morgan fingerprint density at radius 3 is 2.48 bits per heavy atom. The zero-order chi connectivity index (χ0) is 31.9. The molecule has 0 radical (unpaired) electrons. The van der Waals surface area contributed by atoms with Gasteiger partial charge in [0.05, 0.1) is 18.3 Å². The number of carbonyl (C=O) groups excluding carboxylic acids is 1. The number of halogens is 2. The van der Waals surface area contributed by atoms with Crippen LogP contribution in [0, 0.1) is 0 Å². The molecule has 2 heterocycles. The molecule has 0 atom stereocenters. The molecule has 3 aromatic rings. The number of hydrogen-bond donors (Lipinski definition) is 1. The third-order valence-corrected chi connectivity index (χ3v) is 10.2. The first-order valence-corrected chi connectivity index (χ1v) is 17.7. The SMILES string of the molecule is CCN1CCN(CCNC(=O)CCCCc2cc(Cl)c(COC3(c4cnccc4-c4ccccc4OC4CC4)CC3)cc2Cl)CC1. The number of aromatic nitrogens is 1. The van der Waals surface area contributed by atoms with Crippen molar-refractivity contribution in [2.75, 3.05) is 45.8 Å². The number of carbonyl (C=O) groups is 1. The molecule has 7 nitrogen and oxygen atoms in total. The molecule has 1 aliphatic heterocycles. The Morgan fingerprint density at radius 1 is 0.978 bits per heavy atom. The number of para-hydroxylation sites is 1. The average Bonchev–Trinajstić information content (AvgIpc) is 4.02. The van der Waals surface area contributed by atoms with E-state index in [1.54, 1.807) is 0 Å². The van der Waals surface area contributed by atoms with Crippen LogP contribution in [0.2, 0.25) is 10.0 Å². The Balaban J connectivity index is 0.981. The predicted octanol–water partition coefficient (Wildman–Crippen LogP) is 7.27. The van der Waals surface area contributed by atoms with E-state index in [2.05, 4.69) is 45.2 Å². The van der Waals surface area contributed by atoms with Crippen LogP contribution in [0.25, 0.3) is 11.1 Å². The van der Waals surface area contributed by atoms with Gasteiger partial charge < -0.3 is 19.7 Å². The third kappa shape index (κ3) is 8.61. The normalized spacial score (nSPS) is 18.0. The van der Waals surface area contributed by atoms with E-state index >= 15 is 0 Å². The second kappa shape index (κ2) is 15.5. The Labute approximate surface area is 283 Å². The summed E-state index contributed by atoms with van der Waals surface area (Å²) in [6.45, 7) is 9.70. The van der Waals surface area contributed by atoms with Gasteiger partial charge in [0.25, 0.3) is 0 Å². The Bertz CT molecular complexity index is 1490. The summed E-state index contributed by atoms with van der Waals surface area (Å²) in [6, 6.07) is 14.2. The number of benzene rings is 2. The molecule has 1 saturated heterocycles. The van der Waals surface area contributed by atoms with Gasteiger partial charge in [-0.3, -0.25) is 14.7 Å². The van der Waals surface area contributed by atoms with Crippen LogP contribution < -0.4 is 10.1 Å². The molecule has 0 unspecified atom stereocenters. The van der Waals surface area contributed by atoms with Gasteiger partial charge in [-0.25, -0.2) is 0 Å². The van der Waals surface area contributed by atoms with Crippen molar-refractivity contribution < 1.29 is 14.3 Å². The van der Waals surface area contributed by atoms with Crippen LogP contribution in [0.1, 0.15) is 68.6 Å². The first-order chi connectivity index (χ1) is 22.4. The van der Waals surface area contributed by atoms with Crippen LogP contribution >= 0.6 is 23.2 Å². The highest BCUT2D eigenvalue weighted by Gasteiger charge is 2.48. The van der Waals surface area contributed by atoms with Gasteiger partial charge >= 0.3 is 0 Å². The number of nitrogens with one attached hydrogen (secondary N) is 1. The Kier molecular flexibility index (Phi) is 11.2. The summed E-state index contributed by atoms with van der Waals surface area (Å²) in [5.41, 5.74) is 4.73. The van der Waals surface area contributed by atoms with Gasteiger partial charge in [0.2, 0.25) is 5.91 Å². The van der Waals surface area contributed by atoms with E-state index in [1.165, 1.54) is 0 Å². The number of unbranched alkanes of at least 4 members (excludes halogenated alkanes) is 1. The van der Waals surface area contributed by atoms with Gasteiger partial charge in [-0.15, -0.1) is 0 Å². The highest BCUT2D eigenvalue weighted by atomic mass is 35.5. The fourth-order valence-electron chi connectivity index (χ4n) is 6.27. The van der Waals surface area contributed by atoms with E-state index in [1.807, 2.05) is 36.7 Å². The molecule has 2 saturated carbocycles. The van der Waals surface area contributed by atoms with E-state index in [0.717, 1.165) is 118 Å². The van der Waals surface area contributed by atoms with Crippen molar-refractivity contribution >= 4 is 29.1 Å². The fraction of sp³-hybridized carbons (Fsp3) is 0.514. The molecule has 1 N–H and O–H groups in total. The van der Waals surface area contributed by atoms with E-state index in [-0.39, 0.29) is 5.91 Å². The molecule has 0 spiro atoms. The van der Waals surface area contributed by atoms with E-state index < -0.39 is 5.60 Å². The summed E-state index contributed by atoms with van der Waals surface area (Å²) < 4.78 is 12.9. The smallest absolute Gasteiger partial charge is 0.220 e. The lowest BCUT2D eigenvalue weighted by atomic mass is 9.96. The average molecular weight is 666 g/mol. The summed E-state index contributed by atoms with van der Waals surface area (Å²) in [6.07, 6.45) is 11.1. The number of hydrogen-bond acceptors (Lipinski definition) is 6. The summed E-state index contributed by atoms with van der Waals surface area (Å²) in [5, 5.41) is 4.43. The van der Waals surface area contributed by atoms with Gasteiger partial charge in [0.1, 0.15) is 5.75 Å². The van der Waals surface area contributed by atoms with Crippen LogP contribution in [0.15, 0.2) is 54.9 Å². The topological polar surface area (TPSA) is 66.9 Å². The second-order valence-corrected chi connectivity index (χ2v) is 13.7. The van der Waals surface area contributed by atoms with Crippen LogP contribution in [0.4, 0.5) is 0 Å². The lowest BCUT2D eigenvalue weighted by Crippen LogP contribution is -2.48. The number of nitrogens with zero attached hydrogens (tertiary/aromatic N) is 3. The van der Waals surface area contributed by atoms with Crippen LogP contribution in [-0.4, -0.2) is 72.6 Å². The third-order valence-electron chi connectivity index (χ3n) is 9.49. The number of piperazine rings is 1. The zero-order valence-corrected chi connectivity index (χ0v) is 28.4. The highest BCUT2D eigenvalue weighted by Crippen LogP contribution is 2.53. The molecular weight excluding hydrogens is 619 g/mol. The zero-order valence-electron chi connectivity index (χ0n) is 26.9. The maximum atomic E-state index is 12.4. The molecule has 9 heteroatoms. The summed E-state index contributed by atoms with van der Waals surface area (Å²) in [7, 11) is 0. The molecule has 2 aromatic carbocycles. The molecule has 1 aromatic heterocycles. The Morgan fingerprint density at radius 2 is 1.72 bits per heavy atom. The molecular formula is C37H46Cl2N4O3. The minimum absolute atomic E-state index is 0.119. The molecule has 6 rings (SSSR count). The van der Waals surface area contributed by atoms with Crippen LogP contribution in [0.5, 0.6) is 5.75 Å². The first kappa shape index (κ1) is 33.2. The summed E-state index contributed by atoms with van der Waals surface area (Å²) in [4.78, 5) is 21.7. The molecule has 3 aliphatic rings. The van der Waals surface area contributed by atoms with Gasteiger partial charge in [-0.05, 0) is 92.4 Å². The standard InChI is InChI=1S/C37H46Cl2N4O3/c1-2-42-19-21-43(22-20-42)18-17-41-36(44)10-6-3-7-27-23-34(39)28(24-33(27)38)26-45-37(14-15-37)32-25-40-16-13-30(32)31-8-4-5-9-35(31)46-29-11-12-29/h4-5,8-9,13,16,23-25,29H,2-3,6-7,10-12,14-15,17-22,26H2,1H3,(H,41,44). The lowest BCUT2D eigenvalue weighted by molar-refractivity contribution is -0.121. The molecule has 246 valence electrons. The van der Waals surface area contributed by atoms with Gasteiger partial charge in [-0.1, -0.05) is 48.3 Å². The minimum atomic E-state index is -0.407. The predicted molar refractivity (Wildman–Crippen MR) is 185 cm³/mol. The molecule has 3 fully saturated rings. The number of likely N-dealkylation sites (N-methyl/N-ethyl adjacent to an activating group) is 1. The van der Waals surface area contributed by atoms with Crippen molar-refractivity contribution in [2.24, 2.45) is 0 Å². The monoisotopic (exact) mass is 664 g/mol. The molecule has 0 bridgehead atoms. The molecule has 1 amide bonds. The van der Waals surface area contributed by atoms with Crippen LogP contribution in [-0.2, 0) is 28.2 Å². The fourth-order valence-corrected chi connectivity index (χ4v) is 6.80. The van der Waals surface area contributed by atoms with Crippen LogP contribution in [0.3, 0.4) is 0 Å². The van der Waals surface area contributed by atoms with Gasteiger partial charge in [0, 0.05) is 79.3 Å². The number of ether oxygens (including phenoxy) is 2. The van der Waals surface area contributed by atoms with Crippen molar-refractivity contribution in [3.8, 4) is 16.9 Å². The number of pyridine rings is 1. The van der Waals surface area contributed by atoms with E-state index in [9.17, 15) is 4.79 Å².